The number of hydrogen-bond acceptors (Lipinski definition) is 4. The third-order valence-electron chi connectivity index (χ3n) is 4.66. The molecule has 29 heavy (non-hydrogen) atoms. The Hall–Kier alpha value is -3.25. The number of amides is 2. The molecule has 0 aliphatic heterocycles. The minimum Gasteiger partial charge on any atom is -0.383 e. The zero-order valence-electron chi connectivity index (χ0n) is 16.9. The van der Waals surface area contributed by atoms with Crippen molar-refractivity contribution in [2.24, 2.45) is 0 Å². The van der Waals surface area contributed by atoms with Gasteiger partial charge in [-0.05, 0) is 31.5 Å². The molecule has 0 saturated heterocycles. The fraction of sp³-hybridized carbons (Fsp3) is 0.261. The molecule has 1 aromatic heterocycles. The normalized spacial score (nSPS) is 10.7. The maximum atomic E-state index is 12.9. The van der Waals surface area contributed by atoms with E-state index >= 15 is 0 Å². The van der Waals surface area contributed by atoms with Crippen molar-refractivity contribution in [3.05, 3.63) is 65.2 Å². The lowest BCUT2D eigenvalue weighted by molar-refractivity contribution is -0.120. The Labute approximate surface area is 170 Å². The van der Waals surface area contributed by atoms with Gasteiger partial charge in [-0.1, -0.05) is 42.0 Å². The van der Waals surface area contributed by atoms with E-state index in [4.69, 9.17) is 9.72 Å². The fourth-order valence-corrected chi connectivity index (χ4v) is 3.21. The number of carbonyl (C=O) groups is 2. The van der Waals surface area contributed by atoms with Gasteiger partial charge < -0.3 is 15.4 Å². The maximum Gasteiger partial charge on any atom is 0.252 e. The summed E-state index contributed by atoms with van der Waals surface area (Å²) < 4.78 is 4.90. The molecule has 2 N–H and O–H groups in total. The highest BCUT2D eigenvalue weighted by molar-refractivity contribution is 6.08. The zero-order valence-corrected chi connectivity index (χ0v) is 16.9. The van der Waals surface area contributed by atoms with Gasteiger partial charge in [-0.15, -0.1) is 0 Å². The topological polar surface area (TPSA) is 80.3 Å². The number of aryl methyl sites for hydroxylation is 2. The second-order valence-electron chi connectivity index (χ2n) is 6.92. The molecule has 0 saturated carbocycles. The third kappa shape index (κ3) is 4.97. The molecule has 2 aromatic carbocycles. The molecule has 0 aliphatic carbocycles. The largest absolute Gasteiger partial charge is 0.383 e. The highest BCUT2D eigenvalue weighted by Gasteiger charge is 2.15. The number of nitrogens with one attached hydrogen (secondary N) is 2. The molecular formula is C23H25N3O3. The predicted molar refractivity (Wildman–Crippen MR) is 114 cm³/mol. The second kappa shape index (κ2) is 9.30. The van der Waals surface area contributed by atoms with Gasteiger partial charge in [-0.25, -0.2) is 4.98 Å². The van der Waals surface area contributed by atoms with Crippen molar-refractivity contribution < 1.29 is 14.3 Å². The minimum atomic E-state index is -0.309. The first-order chi connectivity index (χ1) is 14.0. The van der Waals surface area contributed by atoms with E-state index in [9.17, 15) is 9.59 Å². The van der Waals surface area contributed by atoms with Crippen molar-refractivity contribution in [3.8, 4) is 11.3 Å². The molecule has 6 nitrogen and oxygen atoms in total. The lowest BCUT2D eigenvalue weighted by atomic mass is 9.99. The van der Waals surface area contributed by atoms with E-state index in [1.165, 1.54) is 5.56 Å². The minimum absolute atomic E-state index is 0.0991. The molecule has 0 bridgehead atoms. The van der Waals surface area contributed by atoms with Crippen LogP contribution in [0.3, 0.4) is 0 Å². The van der Waals surface area contributed by atoms with Gasteiger partial charge in [0, 0.05) is 24.6 Å². The first-order valence-electron chi connectivity index (χ1n) is 9.51. The van der Waals surface area contributed by atoms with Crippen LogP contribution in [0.5, 0.6) is 0 Å². The monoisotopic (exact) mass is 391 g/mol. The van der Waals surface area contributed by atoms with Gasteiger partial charge in [-0.3, -0.25) is 9.59 Å². The summed E-state index contributed by atoms with van der Waals surface area (Å²) in [4.78, 5) is 29.5. The smallest absolute Gasteiger partial charge is 0.252 e. The van der Waals surface area contributed by atoms with Crippen molar-refractivity contribution in [1.29, 1.82) is 0 Å². The number of hydrogen-bond donors (Lipinski definition) is 2. The average molecular weight is 391 g/mol. The van der Waals surface area contributed by atoms with E-state index in [1.54, 1.807) is 13.2 Å². The Balaban J connectivity index is 1.90. The van der Waals surface area contributed by atoms with Crippen LogP contribution in [-0.2, 0) is 9.53 Å². The van der Waals surface area contributed by atoms with E-state index < -0.39 is 0 Å². The third-order valence-corrected chi connectivity index (χ3v) is 4.66. The van der Waals surface area contributed by atoms with Gasteiger partial charge >= 0.3 is 0 Å². The molecule has 1 heterocycles. The number of pyridine rings is 1. The summed E-state index contributed by atoms with van der Waals surface area (Å²) in [5.41, 5.74) is 5.21. The second-order valence-corrected chi connectivity index (χ2v) is 6.92. The van der Waals surface area contributed by atoms with E-state index in [0.29, 0.717) is 18.7 Å². The van der Waals surface area contributed by atoms with Gasteiger partial charge in [-0.2, -0.15) is 0 Å². The van der Waals surface area contributed by atoms with Gasteiger partial charge in [0.2, 0.25) is 5.91 Å². The van der Waals surface area contributed by atoms with Crippen molar-refractivity contribution in [2.75, 3.05) is 26.8 Å². The van der Waals surface area contributed by atoms with Crippen LogP contribution in [0, 0.1) is 13.8 Å². The number of aromatic nitrogens is 1. The molecule has 150 valence electrons. The Kier molecular flexibility index (Phi) is 6.57. The highest BCUT2D eigenvalue weighted by atomic mass is 16.5. The van der Waals surface area contributed by atoms with Gasteiger partial charge in [0.1, 0.15) is 0 Å². The summed E-state index contributed by atoms with van der Waals surface area (Å²) in [6, 6.07) is 15.4. The standard InChI is InChI=1S/C23H25N3O3/c1-15-8-9-17(16(2)12-15)21-13-19(18-6-4-5-7-20(18)26-21)23(28)25-14-22(27)24-10-11-29-3/h4-9,12-13H,10-11,14H2,1-3H3,(H,24,27)(H,25,28). The predicted octanol–water partition coefficient (Wildman–Crippen LogP) is 3.01. The number of para-hydroxylation sites is 1. The first kappa shape index (κ1) is 20.5. The summed E-state index contributed by atoms with van der Waals surface area (Å²) in [7, 11) is 1.57. The number of methoxy groups -OCH3 is 1. The molecule has 2 amide bonds. The Morgan fingerprint density at radius 1 is 1.03 bits per heavy atom. The van der Waals surface area contributed by atoms with Gasteiger partial charge in [0.05, 0.1) is 29.9 Å². The number of ether oxygens (including phenoxy) is 1. The maximum absolute atomic E-state index is 12.9. The lowest BCUT2D eigenvalue weighted by Crippen LogP contribution is -2.38. The molecular weight excluding hydrogens is 366 g/mol. The van der Waals surface area contributed by atoms with Crippen LogP contribution in [0.1, 0.15) is 21.5 Å². The molecule has 6 heteroatoms. The van der Waals surface area contributed by atoms with Crippen molar-refractivity contribution in [2.45, 2.75) is 13.8 Å². The number of rotatable bonds is 7. The summed E-state index contributed by atoms with van der Waals surface area (Å²) in [5, 5.41) is 6.14. The van der Waals surface area contributed by atoms with Crippen LogP contribution in [0.4, 0.5) is 0 Å². The van der Waals surface area contributed by atoms with Gasteiger partial charge in [0.15, 0.2) is 0 Å². The molecule has 3 aromatic rings. The van der Waals surface area contributed by atoms with Crippen LogP contribution in [0.15, 0.2) is 48.5 Å². The SMILES string of the molecule is COCCNC(=O)CNC(=O)c1cc(-c2ccc(C)cc2C)nc2ccccc12. The van der Waals surface area contributed by atoms with Crippen molar-refractivity contribution in [3.63, 3.8) is 0 Å². The number of carbonyl (C=O) groups excluding carboxylic acids is 2. The summed E-state index contributed by atoms with van der Waals surface area (Å²) in [5.74, 6) is -0.570. The Morgan fingerprint density at radius 3 is 2.59 bits per heavy atom. The van der Waals surface area contributed by atoms with Crippen molar-refractivity contribution in [1.82, 2.24) is 15.6 Å². The number of benzene rings is 2. The van der Waals surface area contributed by atoms with Crippen LogP contribution in [-0.4, -0.2) is 43.6 Å². The molecule has 0 radical (unpaired) electrons. The van der Waals surface area contributed by atoms with E-state index in [0.717, 1.165) is 27.7 Å². The van der Waals surface area contributed by atoms with Crippen LogP contribution in [0.25, 0.3) is 22.2 Å². The molecule has 0 fully saturated rings. The summed E-state index contributed by atoms with van der Waals surface area (Å²) in [6.45, 7) is 4.80. The Bertz CT molecular complexity index is 1050. The zero-order chi connectivity index (χ0) is 20.8. The summed E-state index contributed by atoms with van der Waals surface area (Å²) in [6.07, 6.45) is 0. The van der Waals surface area contributed by atoms with E-state index in [-0.39, 0.29) is 18.4 Å². The molecule has 0 atom stereocenters. The van der Waals surface area contributed by atoms with Crippen molar-refractivity contribution >= 4 is 22.7 Å². The average Bonchev–Trinajstić information content (AvgIpc) is 2.71. The van der Waals surface area contributed by atoms with E-state index in [1.807, 2.05) is 50.2 Å². The summed E-state index contributed by atoms with van der Waals surface area (Å²) >= 11 is 0. The molecule has 3 rings (SSSR count). The highest BCUT2D eigenvalue weighted by Crippen LogP contribution is 2.27. The first-order valence-corrected chi connectivity index (χ1v) is 9.51. The molecule has 0 spiro atoms. The number of nitrogens with zero attached hydrogens (tertiary/aromatic N) is 1. The lowest BCUT2D eigenvalue weighted by Gasteiger charge is -2.12. The van der Waals surface area contributed by atoms with Crippen LogP contribution >= 0.6 is 0 Å². The Morgan fingerprint density at radius 2 is 1.83 bits per heavy atom. The number of fused-ring (bicyclic) bond motifs is 1. The fourth-order valence-electron chi connectivity index (χ4n) is 3.21. The van der Waals surface area contributed by atoms with Crippen LogP contribution < -0.4 is 10.6 Å². The van der Waals surface area contributed by atoms with E-state index in [2.05, 4.69) is 16.7 Å². The molecule has 0 aliphatic rings. The molecule has 0 unspecified atom stereocenters. The van der Waals surface area contributed by atoms with Gasteiger partial charge in [0.25, 0.3) is 5.91 Å². The van der Waals surface area contributed by atoms with Crippen LogP contribution in [0.2, 0.25) is 0 Å². The quantitative estimate of drug-likeness (QED) is 0.607.